The Bertz CT molecular complexity index is 316. The third-order valence-electron chi connectivity index (χ3n) is 1.40. The molecule has 5 nitrogen and oxygen atoms in total. The van der Waals surface area contributed by atoms with Crippen LogP contribution in [0.1, 0.15) is 34.7 Å². The van der Waals surface area contributed by atoms with Crippen molar-refractivity contribution in [3.8, 4) is 0 Å². The predicted octanol–water partition coefficient (Wildman–Crippen LogP) is 0.386. The smallest absolute Gasteiger partial charge is 0.277 e. The van der Waals surface area contributed by atoms with Crippen LogP contribution in [0, 0.1) is 0 Å². The lowest BCUT2D eigenvalue weighted by atomic mass is 10.3. The van der Waals surface area contributed by atoms with Gasteiger partial charge in [-0.25, -0.2) is 9.97 Å². The molecular weight excluding hydrogens is 170 g/mol. The highest BCUT2D eigenvalue weighted by Crippen LogP contribution is 2.09. The molecule has 0 aliphatic carbocycles. The Morgan fingerprint density at radius 1 is 1.23 bits per heavy atom. The van der Waals surface area contributed by atoms with E-state index in [0.717, 1.165) is 0 Å². The van der Waals surface area contributed by atoms with E-state index in [4.69, 9.17) is 0 Å². The second kappa shape index (κ2) is 3.75. The fourth-order valence-corrected chi connectivity index (χ4v) is 0.906. The SMILES string of the molecule is CC.O=C1NC(=O)c2ncncc21. The van der Waals surface area contributed by atoms with Gasteiger partial charge in [-0.3, -0.25) is 14.9 Å². The number of nitrogens with one attached hydrogen (secondary N) is 1. The van der Waals surface area contributed by atoms with Crippen LogP contribution in [-0.4, -0.2) is 21.8 Å². The Morgan fingerprint density at radius 3 is 2.54 bits per heavy atom. The molecule has 1 aliphatic rings. The molecule has 0 radical (unpaired) electrons. The monoisotopic (exact) mass is 179 g/mol. The summed E-state index contributed by atoms with van der Waals surface area (Å²) in [5, 5.41) is 2.10. The molecule has 2 heterocycles. The van der Waals surface area contributed by atoms with Crippen molar-refractivity contribution < 1.29 is 9.59 Å². The Morgan fingerprint density at radius 2 is 1.92 bits per heavy atom. The summed E-state index contributed by atoms with van der Waals surface area (Å²) in [6.45, 7) is 4.00. The number of amides is 2. The van der Waals surface area contributed by atoms with Gasteiger partial charge in [0.2, 0.25) is 0 Å². The van der Waals surface area contributed by atoms with Gasteiger partial charge in [-0.2, -0.15) is 0 Å². The van der Waals surface area contributed by atoms with Crippen LogP contribution in [0.2, 0.25) is 0 Å². The van der Waals surface area contributed by atoms with Gasteiger partial charge in [-0.1, -0.05) is 13.8 Å². The molecule has 1 N–H and O–H groups in total. The number of nitrogens with zero attached hydrogens (tertiary/aromatic N) is 2. The van der Waals surface area contributed by atoms with Gasteiger partial charge >= 0.3 is 0 Å². The maximum Gasteiger partial charge on any atom is 0.277 e. The molecular formula is C8H9N3O2. The van der Waals surface area contributed by atoms with Crippen LogP contribution in [0.5, 0.6) is 0 Å². The maximum atomic E-state index is 10.9. The van der Waals surface area contributed by atoms with Gasteiger partial charge in [-0.15, -0.1) is 0 Å². The standard InChI is InChI=1S/C6H3N3O2.C2H6/c10-5-3-1-7-2-8-4(3)6(11)9-5;1-2/h1-2H,(H,9,10,11);1-2H3. The Labute approximate surface area is 75.2 Å². The summed E-state index contributed by atoms with van der Waals surface area (Å²) in [7, 11) is 0. The van der Waals surface area contributed by atoms with Crippen molar-refractivity contribution in [1.82, 2.24) is 15.3 Å². The van der Waals surface area contributed by atoms with E-state index >= 15 is 0 Å². The number of carbonyl (C=O) groups excluding carboxylic acids is 2. The first-order chi connectivity index (χ1) is 6.29. The van der Waals surface area contributed by atoms with Crippen LogP contribution in [-0.2, 0) is 0 Å². The molecule has 1 aliphatic heterocycles. The quantitative estimate of drug-likeness (QED) is 0.584. The third kappa shape index (κ3) is 1.53. The Kier molecular flexibility index (Phi) is 2.69. The molecule has 1 aromatic heterocycles. The minimum Gasteiger partial charge on any atom is -0.287 e. The Hall–Kier alpha value is -1.78. The number of hydrogen-bond donors (Lipinski definition) is 1. The molecule has 5 heteroatoms. The van der Waals surface area contributed by atoms with Gasteiger partial charge in [-0.05, 0) is 0 Å². The van der Waals surface area contributed by atoms with Gasteiger partial charge in [0.25, 0.3) is 11.8 Å². The van der Waals surface area contributed by atoms with Crippen molar-refractivity contribution in [3.05, 3.63) is 23.8 Å². The molecule has 68 valence electrons. The molecule has 1 aromatic rings. The number of imide groups is 1. The minimum absolute atomic E-state index is 0.157. The molecule has 0 bridgehead atoms. The van der Waals surface area contributed by atoms with Gasteiger partial charge in [0, 0.05) is 6.20 Å². The molecule has 13 heavy (non-hydrogen) atoms. The van der Waals surface area contributed by atoms with E-state index in [-0.39, 0.29) is 11.3 Å². The Balaban J connectivity index is 0.000000396. The molecule has 0 unspecified atom stereocenters. The van der Waals surface area contributed by atoms with Gasteiger partial charge in [0.15, 0.2) is 0 Å². The molecule has 0 aromatic carbocycles. The predicted molar refractivity (Wildman–Crippen MR) is 45.2 cm³/mol. The van der Waals surface area contributed by atoms with Gasteiger partial charge in [0.05, 0.1) is 5.56 Å². The summed E-state index contributed by atoms with van der Waals surface area (Å²) in [5.41, 5.74) is 0.405. The highest BCUT2D eigenvalue weighted by molar-refractivity contribution is 6.20. The zero-order valence-corrected chi connectivity index (χ0v) is 7.37. The maximum absolute atomic E-state index is 10.9. The van der Waals surface area contributed by atoms with E-state index in [2.05, 4.69) is 15.3 Å². The first-order valence-electron chi connectivity index (χ1n) is 3.95. The van der Waals surface area contributed by atoms with Crippen molar-refractivity contribution in [3.63, 3.8) is 0 Å². The normalized spacial score (nSPS) is 12.8. The largest absolute Gasteiger partial charge is 0.287 e. The van der Waals surface area contributed by atoms with E-state index in [0.29, 0.717) is 0 Å². The van der Waals surface area contributed by atoms with Crippen molar-refractivity contribution in [2.75, 3.05) is 0 Å². The second-order valence-corrected chi connectivity index (χ2v) is 2.07. The summed E-state index contributed by atoms with van der Waals surface area (Å²) in [4.78, 5) is 29.0. The van der Waals surface area contributed by atoms with Crippen LogP contribution < -0.4 is 5.32 Å². The number of carbonyl (C=O) groups is 2. The summed E-state index contributed by atoms with van der Waals surface area (Å²) < 4.78 is 0. The van der Waals surface area contributed by atoms with E-state index < -0.39 is 11.8 Å². The van der Waals surface area contributed by atoms with E-state index in [1.54, 1.807) is 0 Å². The third-order valence-corrected chi connectivity index (χ3v) is 1.40. The molecule has 0 spiro atoms. The molecule has 0 saturated carbocycles. The van der Waals surface area contributed by atoms with Crippen molar-refractivity contribution in [1.29, 1.82) is 0 Å². The lowest BCUT2D eigenvalue weighted by Crippen LogP contribution is -2.20. The first-order valence-corrected chi connectivity index (χ1v) is 3.95. The summed E-state index contributed by atoms with van der Waals surface area (Å²) in [6.07, 6.45) is 2.56. The first kappa shape index (κ1) is 9.31. The average molecular weight is 179 g/mol. The average Bonchev–Trinajstić information content (AvgIpc) is 2.47. The number of rotatable bonds is 0. The highest BCUT2D eigenvalue weighted by Gasteiger charge is 2.27. The lowest BCUT2D eigenvalue weighted by Gasteiger charge is -1.86. The highest BCUT2D eigenvalue weighted by atomic mass is 16.2. The van der Waals surface area contributed by atoms with Crippen LogP contribution in [0.4, 0.5) is 0 Å². The summed E-state index contributed by atoms with van der Waals surface area (Å²) >= 11 is 0. The van der Waals surface area contributed by atoms with Crippen LogP contribution in [0.25, 0.3) is 0 Å². The molecule has 2 amide bonds. The van der Waals surface area contributed by atoms with Gasteiger partial charge in [0.1, 0.15) is 12.0 Å². The second-order valence-electron chi connectivity index (χ2n) is 2.07. The number of aromatic nitrogens is 2. The van der Waals surface area contributed by atoms with Crippen LogP contribution in [0.3, 0.4) is 0 Å². The molecule has 0 fully saturated rings. The van der Waals surface area contributed by atoms with Crippen LogP contribution >= 0.6 is 0 Å². The summed E-state index contributed by atoms with van der Waals surface area (Å²) in [6, 6.07) is 0. The topological polar surface area (TPSA) is 72.0 Å². The molecule has 0 saturated heterocycles. The fraction of sp³-hybridized carbons (Fsp3) is 0.250. The molecule has 0 atom stereocenters. The van der Waals surface area contributed by atoms with E-state index in [1.165, 1.54) is 12.5 Å². The number of fused-ring (bicyclic) bond motifs is 1. The van der Waals surface area contributed by atoms with Crippen molar-refractivity contribution in [2.24, 2.45) is 0 Å². The van der Waals surface area contributed by atoms with Crippen LogP contribution in [0.15, 0.2) is 12.5 Å². The summed E-state index contributed by atoms with van der Waals surface area (Å²) in [5.74, 6) is -0.877. The number of hydrogen-bond acceptors (Lipinski definition) is 4. The minimum atomic E-state index is -0.451. The molecule has 2 rings (SSSR count). The van der Waals surface area contributed by atoms with E-state index in [1.807, 2.05) is 13.8 Å². The zero-order valence-electron chi connectivity index (χ0n) is 7.37. The van der Waals surface area contributed by atoms with Crippen molar-refractivity contribution >= 4 is 11.8 Å². The van der Waals surface area contributed by atoms with Crippen molar-refractivity contribution in [2.45, 2.75) is 13.8 Å². The van der Waals surface area contributed by atoms with E-state index in [9.17, 15) is 9.59 Å². The lowest BCUT2D eigenvalue weighted by molar-refractivity contribution is 0.0878. The zero-order chi connectivity index (χ0) is 9.84. The fourth-order valence-electron chi connectivity index (χ4n) is 0.906. The van der Waals surface area contributed by atoms with Gasteiger partial charge < -0.3 is 0 Å².